The zero-order valence-corrected chi connectivity index (χ0v) is 15.7. The first-order chi connectivity index (χ1) is 13.3. The van der Waals surface area contributed by atoms with Gasteiger partial charge in [-0.25, -0.2) is 4.79 Å². The van der Waals surface area contributed by atoms with Crippen molar-refractivity contribution in [3.8, 4) is 0 Å². The molecule has 0 bridgehead atoms. The lowest BCUT2D eigenvalue weighted by atomic mass is 10.2. The van der Waals surface area contributed by atoms with Gasteiger partial charge in [-0.05, 0) is 5.56 Å². The molecule has 0 saturated carbocycles. The summed E-state index contributed by atoms with van der Waals surface area (Å²) in [6.45, 7) is 4.01. The third-order valence-electron chi connectivity index (χ3n) is 3.19. The highest BCUT2D eigenvalue weighted by atomic mass is 16.6. The van der Waals surface area contributed by atoms with Gasteiger partial charge in [0.15, 0.2) is 0 Å². The molecular formula is C19H30O8. The van der Waals surface area contributed by atoms with Crippen LogP contribution in [-0.2, 0) is 39.8 Å². The topological polar surface area (TPSA) is 92.7 Å². The number of benzene rings is 1. The van der Waals surface area contributed by atoms with E-state index in [1.54, 1.807) is 0 Å². The zero-order chi connectivity index (χ0) is 19.4. The quantitative estimate of drug-likeness (QED) is 0.293. The van der Waals surface area contributed by atoms with Crippen molar-refractivity contribution in [3.05, 3.63) is 35.9 Å². The fourth-order valence-electron chi connectivity index (χ4n) is 1.88. The summed E-state index contributed by atoms with van der Waals surface area (Å²) in [5.74, 6) is -0.399. The van der Waals surface area contributed by atoms with Gasteiger partial charge in [0.25, 0.3) is 0 Å². The summed E-state index contributed by atoms with van der Waals surface area (Å²) in [5.41, 5.74) is 0.939. The van der Waals surface area contributed by atoms with Crippen LogP contribution in [0.25, 0.3) is 0 Å². The van der Waals surface area contributed by atoms with Crippen molar-refractivity contribution < 1.29 is 38.3 Å². The molecule has 0 aliphatic carbocycles. The first-order valence-corrected chi connectivity index (χ1v) is 9.02. The molecule has 1 rings (SSSR count). The second-order valence-electron chi connectivity index (χ2n) is 5.37. The molecule has 0 saturated heterocycles. The Morgan fingerprint density at radius 3 is 1.70 bits per heavy atom. The molecule has 0 heterocycles. The SMILES string of the molecule is O=C(COCCOCCOCCOCCOCCO)OCc1ccccc1. The number of rotatable bonds is 18. The van der Waals surface area contributed by atoms with Crippen molar-refractivity contribution in [1.82, 2.24) is 0 Å². The molecule has 0 spiro atoms. The molecule has 154 valence electrons. The zero-order valence-electron chi connectivity index (χ0n) is 15.7. The highest BCUT2D eigenvalue weighted by Gasteiger charge is 2.03. The van der Waals surface area contributed by atoms with Crippen LogP contribution < -0.4 is 0 Å². The Morgan fingerprint density at radius 1 is 0.704 bits per heavy atom. The van der Waals surface area contributed by atoms with Crippen LogP contribution in [0.2, 0.25) is 0 Å². The third-order valence-corrected chi connectivity index (χ3v) is 3.19. The molecule has 1 aromatic carbocycles. The van der Waals surface area contributed by atoms with Crippen molar-refractivity contribution >= 4 is 5.97 Å². The van der Waals surface area contributed by atoms with Gasteiger partial charge in [-0.3, -0.25) is 0 Å². The monoisotopic (exact) mass is 386 g/mol. The van der Waals surface area contributed by atoms with E-state index in [1.807, 2.05) is 30.3 Å². The normalized spacial score (nSPS) is 10.9. The molecule has 0 aromatic heterocycles. The van der Waals surface area contributed by atoms with Gasteiger partial charge in [0.2, 0.25) is 0 Å². The fraction of sp³-hybridized carbons (Fsp3) is 0.632. The summed E-state index contributed by atoms with van der Waals surface area (Å²) in [6, 6.07) is 9.48. The van der Waals surface area contributed by atoms with Crippen molar-refractivity contribution in [1.29, 1.82) is 0 Å². The van der Waals surface area contributed by atoms with E-state index in [9.17, 15) is 4.79 Å². The van der Waals surface area contributed by atoms with E-state index < -0.39 is 5.97 Å². The maximum absolute atomic E-state index is 11.5. The van der Waals surface area contributed by atoms with Gasteiger partial charge in [-0.1, -0.05) is 30.3 Å². The van der Waals surface area contributed by atoms with Crippen molar-refractivity contribution in [2.24, 2.45) is 0 Å². The minimum atomic E-state index is -0.399. The van der Waals surface area contributed by atoms with E-state index in [1.165, 1.54) is 0 Å². The molecule has 1 N–H and O–H groups in total. The molecule has 27 heavy (non-hydrogen) atoms. The predicted molar refractivity (Wildman–Crippen MR) is 97.4 cm³/mol. The van der Waals surface area contributed by atoms with Crippen LogP contribution in [0.3, 0.4) is 0 Å². The lowest BCUT2D eigenvalue weighted by Gasteiger charge is -2.08. The molecular weight excluding hydrogens is 356 g/mol. The Balaban J connectivity index is 1.77. The number of ether oxygens (including phenoxy) is 6. The lowest BCUT2D eigenvalue weighted by Crippen LogP contribution is -2.16. The Labute approximate surface area is 160 Å². The molecule has 8 nitrogen and oxygen atoms in total. The number of hydrogen-bond donors (Lipinski definition) is 1. The molecule has 0 aliphatic rings. The van der Waals surface area contributed by atoms with Crippen LogP contribution in [0.4, 0.5) is 0 Å². The number of esters is 1. The minimum absolute atomic E-state index is 0.0203. The number of aliphatic hydroxyl groups is 1. The Morgan fingerprint density at radius 2 is 1.19 bits per heavy atom. The van der Waals surface area contributed by atoms with Crippen molar-refractivity contribution in [2.45, 2.75) is 6.61 Å². The molecule has 8 heteroatoms. The summed E-state index contributed by atoms with van der Waals surface area (Å²) in [6.07, 6.45) is 0. The second-order valence-corrected chi connectivity index (χ2v) is 5.37. The molecule has 0 atom stereocenters. The minimum Gasteiger partial charge on any atom is -0.459 e. The summed E-state index contributed by atoms with van der Waals surface area (Å²) in [5, 5.41) is 8.52. The largest absolute Gasteiger partial charge is 0.459 e. The molecule has 0 fully saturated rings. The Bertz CT molecular complexity index is 454. The van der Waals surface area contributed by atoms with Gasteiger partial charge in [0.05, 0.1) is 66.1 Å². The van der Waals surface area contributed by atoms with Crippen LogP contribution in [0.1, 0.15) is 5.56 Å². The Kier molecular flexibility index (Phi) is 15.5. The van der Waals surface area contributed by atoms with E-state index in [2.05, 4.69) is 0 Å². The van der Waals surface area contributed by atoms with Gasteiger partial charge in [0, 0.05) is 0 Å². The van der Waals surface area contributed by atoms with E-state index in [0.29, 0.717) is 59.5 Å². The first-order valence-electron chi connectivity index (χ1n) is 9.02. The number of hydrogen-bond acceptors (Lipinski definition) is 8. The van der Waals surface area contributed by atoms with E-state index in [-0.39, 0.29) is 19.8 Å². The highest BCUT2D eigenvalue weighted by Crippen LogP contribution is 2.00. The average Bonchev–Trinajstić information content (AvgIpc) is 2.70. The molecule has 0 unspecified atom stereocenters. The van der Waals surface area contributed by atoms with E-state index in [0.717, 1.165) is 5.56 Å². The first kappa shape index (κ1) is 23.5. The number of carbonyl (C=O) groups is 1. The lowest BCUT2D eigenvalue weighted by molar-refractivity contribution is -0.150. The summed E-state index contributed by atoms with van der Waals surface area (Å²) >= 11 is 0. The maximum atomic E-state index is 11.5. The van der Waals surface area contributed by atoms with E-state index in [4.69, 9.17) is 33.5 Å². The highest BCUT2D eigenvalue weighted by molar-refractivity contribution is 5.70. The van der Waals surface area contributed by atoms with Crippen molar-refractivity contribution in [3.63, 3.8) is 0 Å². The summed E-state index contributed by atoms with van der Waals surface area (Å²) < 4.78 is 31.3. The molecule has 0 radical (unpaired) electrons. The second kappa shape index (κ2) is 17.8. The number of aliphatic hydroxyl groups excluding tert-OH is 1. The van der Waals surface area contributed by atoms with Gasteiger partial charge >= 0.3 is 5.97 Å². The van der Waals surface area contributed by atoms with Gasteiger partial charge in [-0.2, -0.15) is 0 Å². The predicted octanol–water partition coefficient (Wildman–Crippen LogP) is 0.805. The van der Waals surface area contributed by atoms with Crippen LogP contribution in [-0.4, -0.2) is 83.8 Å². The van der Waals surface area contributed by atoms with Crippen molar-refractivity contribution in [2.75, 3.05) is 72.7 Å². The fourth-order valence-corrected chi connectivity index (χ4v) is 1.88. The molecule has 0 amide bonds. The van der Waals surface area contributed by atoms with Crippen LogP contribution in [0.15, 0.2) is 30.3 Å². The standard InChI is InChI=1S/C19H30O8/c20-6-7-22-8-9-23-10-11-24-12-13-25-14-15-26-17-19(21)27-16-18-4-2-1-3-5-18/h1-5,20H,6-17H2. The number of carbonyl (C=O) groups excluding carboxylic acids is 1. The smallest absolute Gasteiger partial charge is 0.332 e. The van der Waals surface area contributed by atoms with E-state index >= 15 is 0 Å². The molecule has 1 aromatic rings. The van der Waals surface area contributed by atoms with Crippen LogP contribution in [0, 0.1) is 0 Å². The molecule has 0 aliphatic heterocycles. The summed E-state index contributed by atoms with van der Waals surface area (Å²) in [7, 11) is 0. The average molecular weight is 386 g/mol. The van der Waals surface area contributed by atoms with Gasteiger partial charge in [-0.15, -0.1) is 0 Å². The van der Waals surface area contributed by atoms with Gasteiger partial charge < -0.3 is 33.5 Å². The third kappa shape index (κ3) is 15.2. The van der Waals surface area contributed by atoms with Gasteiger partial charge in [0.1, 0.15) is 13.2 Å². The van der Waals surface area contributed by atoms with Crippen LogP contribution in [0.5, 0.6) is 0 Å². The Hall–Kier alpha value is -1.55. The maximum Gasteiger partial charge on any atom is 0.332 e. The summed E-state index contributed by atoms with van der Waals surface area (Å²) in [4.78, 5) is 11.5. The van der Waals surface area contributed by atoms with Crippen LogP contribution >= 0.6 is 0 Å².